The number of halogens is 7. The summed E-state index contributed by atoms with van der Waals surface area (Å²) in [5.41, 5.74) is 0.0139. The van der Waals surface area contributed by atoms with Gasteiger partial charge in [0.05, 0.1) is 19.6 Å². The highest BCUT2D eigenvalue weighted by Crippen LogP contribution is 2.43. The van der Waals surface area contributed by atoms with Crippen molar-refractivity contribution in [2.75, 3.05) is 0 Å². The third kappa shape index (κ3) is 3.45. The fraction of sp³-hybridized carbons (Fsp3) is 0.167. The van der Waals surface area contributed by atoms with Crippen LogP contribution in [0.4, 0.5) is 13.2 Å². The molecular weight excluding hydrogens is 419 g/mol. The second-order valence-electron chi connectivity index (χ2n) is 3.88. The van der Waals surface area contributed by atoms with Crippen LogP contribution in [0.2, 0.25) is 8.67 Å². The predicted octanol–water partition coefficient (Wildman–Crippen LogP) is 7.16. The second-order valence-corrected chi connectivity index (χ2v) is 7.45. The van der Waals surface area contributed by atoms with E-state index < -0.39 is 17.1 Å². The lowest BCUT2D eigenvalue weighted by atomic mass is 10.0. The van der Waals surface area contributed by atoms with Gasteiger partial charge in [0.2, 0.25) is 0 Å². The molecule has 2 aromatic rings. The Morgan fingerprint density at radius 1 is 1.10 bits per heavy atom. The van der Waals surface area contributed by atoms with Crippen molar-refractivity contribution in [2.24, 2.45) is 0 Å². The van der Waals surface area contributed by atoms with Crippen molar-refractivity contribution in [2.45, 2.75) is 11.6 Å². The lowest BCUT2D eigenvalue weighted by molar-refractivity contribution is -0.137. The molecule has 1 aromatic carbocycles. The Morgan fingerprint density at radius 2 is 1.75 bits per heavy atom. The first-order valence-corrected chi connectivity index (χ1v) is 7.95. The summed E-state index contributed by atoms with van der Waals surface area (Å²) in [6.07, 6.45) is -4.43. The van der Waals surface area contributed by atoms with Crippen LogP contribution in [0, 0.1) is 0 Å². The Morgan fingerprint density at radius 3 is 2.25 bits per heavy atom. The summed E-state index contributed by atoms with van der Waals surface area (Å²) >= 11 is 22.4. The summed E-state index contributed by atoms with van der Waals surface area (Å²) < 4.78 is 39.5. The van der Waals surface area contributed by atoms with Gasteiger partial charge in [-0.05, 0) is 29.8 Å². The van der Waals surface area contributed by atoms with Crippen LogP contribution < -0.4 is 0 Å². The fourth-order valence-corrected chi connectivity index (χ4v) is 4.22. The number of thiophene rings is 1. The molecule has 1 unspecified atom stereocenters. The maximum Gasteiger partial charge on any atom is 0.416 e. The summed E-state index contributed by atoms with van der Waals surface area (Å²) in [6, 6.07) is 4.86. The number of benzene rings is 1. The van der Waals surface area contributed by atoms with Gasteiger partial charge in [0.25, 0.3) is 0 Å². The minimum Gasteiger partial charge on any atom is -0.166 e. The quantitative estimate of drug-likeness (QED) is 0.449. The van der Waals surface area contributed by atoms with E-state index in [1.807, 2.05) is 0 Å². The van der Waals surface area contributed by atoms with Crippen molar-refractivity contribution in [3.8, 4) is 0 Å². The van der Waals surface area contributed by atoms with E-state index in [4.69, 9.17) is 34.8 Å². The fourth-order valence-electron chi connectivity index (χ4n) is 1.61. The summed E-state index contributed by atoms with van der Waals surface area (Å²) in [7, 11) is 0. The van der Waals surface area contributed by atoms with Crippen molar-refractivity contribution in [3.05, 3.63) is 54.1 Å². The molecule has 0 nitrogen and oxygen atoms in total. The van der Waals surface area contributed by atoms with Crippen LogP contribution in [0.15, 0.2) is 28.7 Å². The highest BCUT2D eigenvalue weighted by atomic mass is 79.9. The van der Waals surface area contributed by atoms with E-state index in [0.717, 1.165) is 23.5 Å². The van der Waals surface area contributed by atoms with Crippen molar-refractivity contribution < 1.29 is 13.2 Å². The maximum absolute atomic E-state index is 12.7. The van der Waals surface area contributed by atoms with E-state index in [1.165, 1.54) is 6.07 Å². The number of alkyl halides is 4. The Bertz CT molecular complexity index is 639. The van der Waals surface area contributed by atoms with E-state index in [1.54, 1.807) is 6.07 Å². The Labute approximate surface area is 140 Å². The third-order valence-electron chi connectivity index (χ3n) is 2.55. The molecule has 1 atom stereocenters. The molecule has 0 N–H and O–H groups in total. The third-order valence-corrected chi connectivity index (χ3v) is 5.26. The first-order valence-electron chi connectivity index (χ1n) is 5.15. The van der Waals surface area contributed by atoms with E-state index in [9.17, 15) is 13.2 Å². The molecule has 20 heavy (non-hydrogen) atoms. The molecule has 0 aliphatic rings. The minimum atomic E-state index is -4.43. The average Bonchev–Trinajstić information content (AvgIpc) is 2.66. The zero-order valence-electron chi connectivity index (χ0n) is 9.44. The van der Waals surface area contributed by atoms with E-state index >= 15 is 0 Å². The van der Waals surface area contributed by atoms with Crippen LogP contribution in [0.3, 0.4) is 0 Å². The SMILES string of the molecule is FC(F)(F)c1ccc(Br)c(C(Cl)c2cc(Cl)sc2Cl)c1. The van der Waals surface area contributed by atoms with Gasteiger partial charge < -0.3 is 0 Å². The highest BCUT2D eigenvalue weighted by molar-refractivity contribution is 9.10. The molecule has 0 amide bonds. The molecule has 0 bridgehead atoms. The maximum atomic E-state index is 12.7. The predicted molar refractivity (Wildman–Crippen MR) is 81.2 cm³/mol. The summed E-state index contributed by atoms with van der Waals surface area (Å²) in [4.78, 5) is 0. The lowest BCUT2D eigenvalue weighted by Crippen LogP contribution is -2.06. The first-order chi connectivity index (χ1) is 9.20. The largest absolute Gasteiger partial charge is 0.416 e. The van der Waals surface area contributed by atoms with Crippen LogP contribution in [-0.4, -0.2) is 0 Å². The monoisotopic (exact) mass is 422 g/mol. The van der Waals surface area contributed by atoms with Crippen molar-refractivity contribution in [3.63, 3.8) is 0 Å². The highest BCUT2D eigenvalue weighted by Gasteiger charge is 2.32. The standard InChI is InChI=1S/C12H5BrCl3F3S/c13-8-2-1-5(12(17,18)19)3-6(8)10(15)7-4-9(14)20-11(7)16/h1-4,10H. The molecule has 0 aliphatic heterocycles. The van der Waals surface area contributed by atoms with Gasteiger partial charge in [-0.1, -0.05) is 39.1 Å². The summed E-state index contributed by atoms with van der Waals surface area (Å²) in [6.45, 7) is 0. The van der Waals surface area contributed by atoms with Gasteiger partial charge in [0.15, 0.2) is 0 Å². The molecule has 0 aliphatic carbocycles. The van der Waals surface area contributed by atoms with Crippen LogP contribution in [-0.2, 0) is 6.18 Å². The normalized spacial score (nSPS) is 13.6. The van der Waals surface area contributed by atoms with E-state index in [-0.39, 0.29) is 5.56 Å². The number of hydrogen-bond acceptors (Lipinski definition) is 1. The number of rotatable bonds is 2. The van der Waals surface area contributed by atoms with E-state index in [2.05, 4.69) is 15.9 Å². The number of hydrogen-bond donors (Lipinski definition) is 0. The van der Waals surface area contributed by atoms with Gasteiger partial charge in [0.1, 0.15) is 0 Å². The van der Waals surface area contributed by atoms with Crippen LogP contribution in [0.25, 0.3) is 0 Å². The molecule has 108 valence electrons. The molecule has 2 rings (SSSR count). The van der Waals surface area contributed by atoms with Crippen molar-refractivity contribution >= 4 is 62.1 Å². The molecular formula is C12H5BrCl3F3S. The molecule has 0 saturated carbocycles. The molecule has 8 heteroatoms. The zero-order chi connectivity index (χ0) is 15.1. The van der Waals surface area contributed by atoms with Gasteiger partial charge in [-0.15, -0.1) is 22.9 Å². The Balaban J connectivity index is 2.49. The van der Waals surface area contributed by atoms with Gasteiger partial charge >= 0.3 is 6.18 Å². The average molecular weight is 424 g/mol. The van der Waals surface area contributed by atoms with E-state index in [0.29, 0.717) is 18.7 Å². The molecule has 0 saturated heterocycles. The minimum absolute atomic E-state index is 0.290. The topological polar surface area (TPSA) is 0 Å². The van der Waals surface area contributed by atoms with Crippen LogP contribution in [0.1, 0.15) is 22.1 Å². The molecule has 0 radical (unpaired) electrons. The van der Waals surface area contributed by atoms with Gasteiger partial charge in [-0.25, -0.2) is 0 Å². The first kappa shape index (κ1) is 16.4. The van der Waals surface area contributed by atoms with Gasteiger partial charge in [-0.2, -0.15) is 13.2 Å². The Kier molecular flexibility index (Phi) is 4.97. The van der Waals surface area contributed by atoms with Crippen molar-refractivity contribution in [1.82, 2.24) is 0 Å². The molecule has 0 fully saturated rings. The molecule has 1 aromatic heterocycles. The van der Waals surface area contributed by atoms with Crippen LogP contribution in [0.5, 0.6) is 0 Å². The lowest BCUT2D eigenvalue weighted by Gasteiger charge is -2.14. The van der Waals surface area contributed by atoms with Crippen molar-refractivity contribution in [1.29, 1.82) is 0 Å². The molecule has 0 spiro atoms. The zero-order valence-corrected chi connectivity index (χ0v) is 14.1. The molecule has 1 heterocycles. The summed E-state index contributed by atoms with van der Waals surface area (Å²) in [5.74, 6) is 0. The van der Waals surface area contributed by atoms with Gasteiger partial charge in [-0.3, -0.25) is 0 Å². The Hall–Kier alpha value is 0.0600. The van der Waals surface area contributed by atoms with Crippen LogP contribution >= 0.6 is 62.1 Å². The summed E-state index contributed by atoms with van der Waals surface area (Å²) in [5, 5.41) is -0.817. The second kappa shape index (κ2) is 6.05. The smallest absolute Gasteiger partial charge is 0.166 e. The van der Waals surface area contributed by atoms with Gasteiger partial charge in [0, 0.05) is 10.0 Å².